The number of hydrogen-bond acceptors (Lipinski definition) is 4. The molecule has 0 saturated carbocycles. The van der Waals surface area contributed by atoms with Gasteiger partial charge < -0.3 is 10.2 Å². The fourth-order valence-corrected chi connectivity index (χ4v) is 6.02. The summed E-state index contributed by atoms with van der Waals surface area (Å²) in [5.74, 6) is -0.866. The van der Waals surface area contributed by atoms with Gasteiger partial charge in [0.1, 0.15) is 12.6 Å². The summed E-state index contributed by atoms with van der Waals surface area (Å²) in [6.45, 7) is 5.62. The van der Waals surface area contributed by atoms with E-state index in [9.17, 15) is 18.0 Å². The van der Waals surface area contributed by atoms with Crippen molar-refractivity contribution < 1.29 is 18.0 Å². The van der Waals surface area contributed by atoms with Gasteiger partial charge in [-0.3, -0.25) is 13.9 Å². The second kappa shape index (κ2) is 13.8. The number of hydrogen-bond donors (Lipinski definition) is 1. The zero-order valence-corrected chi connectivity index (χ0v) is 24.6. The zero-order valence-electron chi connectivity index (χ0n) is 22.2. The lowest BCUT2D eigenvalue weighted by Gasteiger charge is -2.32. The third kappa shape index (κ3) is 7.75. The third-order valence-electron chi connectivity index (χ3n) is 6.39. The van der Waals surface area contributed by atoms with Crippen LogP contribution in [0.3, 0.4) is 0 Å². The predicted molar refractivity (Wildman–Crippen MR) is 157 cm³/mol. The highest BCUT2D eigenvalue weighted by molar-refractivity contribution is 7.92. The Morgan fingerprint density at radius 3 is 2.28 bits per heavy atom. The molecule has 10 heteroatoms. The Morgan fingerprint density at radius 2 is 1.64 bits per heavy atom. The third-order valence-corrected chi connectivity index (χ3v) is 8.70. The number of sulfonamides is 1. The standard InChI is InChI=1S/C29H33Cl2N3O4S/c1-4-5-17-32-29(36)22(3)33(19-23-12-10-9-11-21(23)2)28(35)20-34(27-16-15-24(30)18-26(27)31)39(37,38)25-13-7-6-8-14-25/h6-16,18,22H,4-5,17,19-20H2,1-3H3,(H,32,36)/t22-/m1/s1. The topological polar surface area (TPSA) is 86.8 Å². The molecule has 0 aromatic heterocycles. The number of halogens is 2. The quantitative estimate of drug-likeness (QED) is 0.269. The highest BCUT2D eigenvalue weighted by atomic mass is 35.5. The number of nitrogens with zero attached hydrogens (tertiary/aromatic N) is 2. The highest BCUT2D eigenvalue weighted by Gasteiger charge is 2.33. The van der Waals surface area contributed by atoms with E-state index in [1.807, 2.05) is 38.1 Å². The number of amides is 2. The lowest BCUT2D eigenvalue weighted by atomic mass is 10.1. The lowest BCUT2D eigenvalue weighted by molar-refractivity contribution is -0.139. The summed E-state index contributed by atoms with van der Waals surface area (Å²) in [6, 6.07) is 18.9. The molecule has 0 aliphatic rings. The molecule has 7 nitrogen and oxygen atoms in total. The first kappa shape index (κ1) is 30.5. The van der Waals surface area contributed by atoms with Crippen LogP contribution < -0.4 is 9.62 Å². The van der Waals surface area contributed by atoms with Gasteiger partial charge in [0.15, 0.2) is 0 Å². The minimum Gasteiger partial charge on any atom is -0.354 e. The van der Waals surface area contributed by atoms with Crippen LogP contribution in [0.25, 0.3) is 0 Å². The summed E-state index contributed by atoms with van der Waals surface area (Å²) in [5, 5.41) is 3.27. The van der Waals surface area contributed by atoms with Crippen LogP contribution in [0.1, 0.15) is 37.8 Å². The van der Waals surface area contributed by atoms with Gasteiger partial charge in [-0.2, -0.15) is 0 Å². The van der Waals surface area contributed by atoms with Crippen LogP contribution in [0.4, 0.5) is 5.69 Å². The van der Waals surface area contributed by atoms with Crippen LogP contribution in [0.2, 0.25) is 10.0 Å². The maximum absolute atomic E-state index is 13.9. The molecule has 0 unspecified atom stereocenters. The number of carbonyl (C=O) groups is 2. The van der Waals surface area contributed by atoms with Crippen LogP contribution in [0.15, 0.2) is 77.7 Å². The second-order valence-corrected chi connectivity index (χ2v) is 11.9. The minimum absolute atomic E-state index is 0.000345. The first-order chi connectivity index (χ1) is 18.6. The first-order valence-corrected chi connectivity index (χ1v) is 14.9. The van der Waals surface area contributed by atoms with Crippen molar-refractivity contribution in [2.45, 2.75) is 51.1 Å². The summed E-state index contributed by atoms with van der Waals surface area (Å²) < 4.78 is 28.6. The molecule has 1 N–H and O–H groups in total. The van der Waals surface area contributed by atoms with E-state index in [0.29, 0.717) is 11.6 Å². The summed E-state index contributed by atoms with van der Waals surface area (Å²) in [7, 11) is -4.20. The molecule has 0 heterocycles. The number of aryl methyl sites for hydroxylation is 1. The summed E-state index contributed by atoms with van der Waals surface area (Å²) in [4.78, 5) is 28.4. The van der Waals surface area contributed by atoms with E-state index in [0.717, 1.165) is 28.3 Å². The number of unbranched alkanes of at least 4 members (excludes halogenated alkanes) is 1. The Hall–Kier alpha value is -3.07. The molecule has 39 heavy (non-hydrogen) atoms. The number of nitrogens with one attached hydrogen (secondary N) is 1. The molecule has 3 aromatic carbocycles. The number of anilines is 1. The maximum atomic E-state index is 13.9. The fraction of sp³-hybridized carbons (Fsp3) is 0.310. The van der Waals surface area contributed by atoms with Gasteiger partial charge in [0.05, 0.1) is 15.6 Å². The van der Waals surface area contributed by atoms with E-state index in [1.54, 1.807) is 25.1 Å². The van der Waals surface area contributed by atoms with Gasteiger partial charge in [-0.05, 0) is 61.7 Å². The molecular formula is C29H33Cl2N3O4S. The van der Waals surface area contributed by atoms with Crippen LogP contribution in [0.5, 0.6) is 0 Å². The Morgan fingerprint density at radius 1 is 0.974 bits per heavy atom. The molecule has 208 valence electrons. The summed E-state index contributed by atoms with van der Waals surface area (Å²) in [6.07, 6.45) is 1.72. The molecule has 0 radical (unpaired) electrons. The molecule has 0 spiro atoms. The molecule has 3 rings (SSSR count). The van der Waals surface area contributed by atoms with Gasteiger partial charge in [0.25, 0.3) is 10.0 Å². The lowest BCUT2D eigenvalue weighted by Crippen LogP contribution is -2.51. The largest absolute Gasteiger partial charge is 0.354 e. The molecule has 1 atom stereocenters. The molecule has 0 aliphatic carbocycles. The van der Waals surface area contributed by atoms with Crippen molar-refractivity contribution in [1.82, 2.24) is 10.2 Å². The normalized spacial score (nSPS) is 12.0. The molecule has 0 fully saturated rings. The van der Waals surface area contributed by atoms with Crippen molar-refractivity contribution in [3.8, 4) is 0 Å². The Kier molecular flexibility index (Phi) is 10.8. The Labute approximate surface area is 240 Å². The van der Waals surface area contributed by atoms with E-state index in [2.05, 4.69) is 5.32 Å². The maximum Gasteiger partial charge on any atom is 0.264 e. The number of benzene rings is 3. The van der Waals surface area contributed by atoms with Gasteiger partial charge in [-0.25, -0.2) is 8.42 Å². The average Bonchev–Trinajstić information content (AvgIpc) is 2.91. The highest BCUT2D eigenvalue weighted by Crippen LogP contribution is 2.33. The van der Waals surface area contributed by atoms with Crippen molar-refractivity contribution >= 4 is 50.7 Å². The van der Waals surface area contributed by atoms with Crippen molar-refractivity contribution in [2.24, 2.45) is 0 Å². The molecular weight excluding hydrogens is 557 g/mol. The number of carbonyl (C=O) groups excluding carboxylic acids is 2. The van der Waals surface area contributed by atoms with Crippen LogP contribution >= 0.6 is 23.2 Å². The molecule has 3 aromatic rings. The summed E-state index contributed by atoms with van der Waals surface area (Å²) >= 11 is 12.5. The Bertz CT molecular complexity index is 1400. The van der Waals surface area contributed by atoms with Crippen LogP contribution in [0, 0.1) is 6.92 Å². The van der Waals surface area contributed by atoms with E-state index < -0.39 is 28.5 Å². The first-order valence-electron chi connectivity index (χ1n) is 12.7. The van der Waals surface area contributed by atoms with Gasteiger partial charge in [0, 0.05) is 18.1 Å². The smallest absolute Gasteiger partial charge is 0.264 e. The fourth-order valence-electron chi connectivity index (χ4n) is 4.01. The van der Waals surface area contributed by atoms with Gasteiger partial charge in [-0.15, -0.1) is 0 Å². The van der Waals surface area contributed by atoms with Crippen molar-refractivity contribution in [3.05, 3.63) is 94.0 Å². The van der Waals surface area contributed by atoms with Crippen LogP contribution in [-0.4, -0.2) is 44.3 Å². The second-order valence-electron chi connectivity index (χ2n) is 9.19. The number of rotatable bonds is 12. The van der Waals surface area contributed by atoms with Gasteiger partial charge in [0.2, 0.25) is 11.8 Å². The Balaban J connectivity index is 2.03. The SMILES string of the molecule is CCCCNC(=O)[C@@H](C)N(Cc1ccccc1C)C(=O)CN(c1ccc(Cl)cc1Cl)S(=O)(=O)c1ccccc1. The van der Waals surface area contributed by atoms with E-state index >= 15 is 0 Å². The van der Waals surface area contributed by atoms with E-state index in [4.69, 9.17) is 23.2 Å². The summed E-state index contributed by atoms with van der Waals surface area (Å²) in [5.41, 5.74) is 1.90. The van der Waals surface area contributed by atoms with E-state index in [1.165, 1.54) is 35.2 Å². The van der Waals surface area contributed by atoms with Gasteiger partial charge in [-0.1, -0.05) is 79.0 Å². The predicted octanol–water partition coefficient (Wildman–Crippen LogP) is 5.83. The van der Waals surface area contributed by atoms with Crippen molar-refractivity contribution in [3.63, 3.8) is 0 Å². The van der Waals surface area contributed by atoms with E-state index in [-0.39, 0.29) is 28.1 Å². The van der Waals surface area contributed by atoms with Crippen molar-refractivity contribution in [2.75, 3.05) is 17.4 Å². The minimum atomic E-state index is -4.20. The molecule has 2 amide bonds. The van der Waals surface area contributed by atoms with Gasteiger partial charge >= 0.3 is 0 Å². The molecule has 0 bridgehead atoms. The monoisotopic (exact) mass is 589 g/mol. The average molecular weight is 591 g/mol. The molecule has 0 aliphatic heterocycles. The molecule has 0 saturated heterocycles. The van der Waals surface area contributed by atoms with Crippen LogP contribution in [-0.2, 0) is 26.2 Å². The van der Waals surface area contributed by atoms with Crippen molar-refractivity contribution in [1.29, 1.82) is 0 Å². The zero-order chi connectivity index (χ0) is 28.6.